The summed E-state index contributed by atoms with van der Waals surface area (Å²) in [6, 6.07) is 9.62. The zero-order valence-electron chi connectivity index (χ0n) is 13.4. The van der Waals surface area contributed by atoms with Crippen LogP contribution in [0, 0.1) is 13.8 Å². The number of carbonyl (C=O) groups excluding carboxylic acids is 1. The Bertz CT molecular complexity index is 635. The molecule has 1 atom stereocenters. The molecule has 4 nitrogen and oxygen atoms in total. The number of benzene rings is 1. The van der Waals surface area contributed by atoms with E-state index in [1.807, 2.05) is 31.2 Å². The second kappa shape index (κ2) is 7.31. The molecule has 1 aromatic heterocycles. The fraction of sp³-hybridized carbons (Fsp3) is 0.353. The first-order valence-electron chi connectivity index (χ1n) is 7.24. The van der Waals surface area contributed by atoms with Crippen LogP contribution in [0.15, 0.2) is 30.3 Å². The largest absolute Gasteiger partial charge is 0.497 e. The molecule has 1 unspecified atom stereocenters. The average Bonchev–Trinajstić information content (AvgIpc) is 2.84. The monoisotopic (exact) mass is 318 g/mol. The molecule has 0 bridgehead atoms. The summed E-state index contributed by atoms with van der Waals surface area (Å²) in [5.41, 5.74) is 2.22. The van der Waals surface area contributed by atoms with Crippen LogP contribution in [0.1, 0.15) is 33.8 Å². The number of rotatable bonds is 5. The Kier molecular flexibility index (Phi) is 5.44. The average molecular weight is 318 g/mol. The van der Waals surface area contributed by atoms with Gasteiger partial charge in [0.2, 0.25) is 0 Å². The van der Waals surface area contributed by atoms with E-state index >= 15 is 0 Å². The van der Waals surface area contributed by atoms with Crippen LogP contribution in [0.25, 0.3) is 0 Å². The maximum atomic E-state index is 12.0. The van der Waals surface area contributed by atoms with Crippen molar-refractivity contribution in [2.75, 3.05) is 7.11 Å². The Balaban J connectivity index is 1.85. The maximum Gasteiger partial charge on any atom is 0.315 e. The van der Waals surface area contributed by atoms with Gasteiger partial charge >= 0.3 is 6.03 Å². The van der Waals surface area contributed by atoms with Gasteiger partial charge in [-0.15, -0.1) is 11.3 Å². The first kappa shape index (κ1) is 16.4. The number of urea groups is 1. The summed E-state index contributed by atoms with van der Waals surface area (Å²) >= 11 is 1.75. The Morgan fingerprint density at radius 1 is 1.27 bits per heavy atom. The first-order chi connectivity index (χ1) is 10.5. The summed E-state index contributed by atoms with van der Waals surface area (Å²) in [5, 5.41) is 5.85. The number of carbonyl (C=O) groups is 1. The molecule has 118 valence electrons. The van der Waals surface area contributed by atoms with Crippen molar-refractivity contribution < 1.29 is 9.53 Å². The van der Waals surface area contributed by atoms with Gasteiger partial charge < -0.3 is 15.4 Å². The molecule has 0 saturated carbocycles. The second-order valence-corrected chi connectivity index (χ2v) is 6.73. The predicted octanol–water partition coefficient (Wildman–Crippen LogP) is 3.93. The van der Waals surface area contributed by atoms with Crippen LogP contribution < -0.4 is 15.4 Å². The SMILES string of the molecule is COc1ccc(CNC(=O)NC(C)c2cc(C)sc2C)cc1. The minimum atomic E-state index is -0.161. The highest BCUT2D eigenvalue weighted by molar-refractivity contribution is 7.12. The normalized spacial score (nSPS) is 11.8. The first-order valence-corrected chi connectivity index (χ1v) is 8.05. The number of thiophene rings is 1. The lowest BCUT2D eigenvalue weighted by molar-refractivity contribution is 0.237. The summed E-state index contributed by atoms with van der Waals surface area (Å²) in [5.74, 6) is 0.810. The van der Waals surface area contributed by atoms with Crippen LogP contribution in [-0.2, 0) is 6.54 Å². The lowest BCUT2D eigenvalue weighted by atomic mass is 10.1. The highest BCUT2D eigenvalue weighted by Gasteiger charge is 2.13. The van der Waals surface area contributed by atoms with Crippen LogP contribution in [0.4, 0.5) is 4.79 Å². The number of aryl methyl sites for hydroxylation is 2. The molecule has 2 rings (SSSR count). The van der Waals surface area contributed by atoms with Gasteiger partial charge in [0, 0.05) is 16.3 Å². The van der Waals surface area contributed by atoms with Crippen LogP contribution in [0.5, 0.6) is 5.75 Å². The molecule has 5 heteroatoms. The maximum absolute atomic E-state index is 12.0. The third-order valence-electron chi connectivity index (χ3n) is 3.51. The van der Waals surface area contributed by atoms with Gasteiger partial charge in [0.25, 0.3) is 0 Å². The fourth-order valence-electron chi connectivity index (χ4n) is 2.33. The van der Waals surface area contributed by atoms with E-state index in [1.54, 1.807) is 18.4 Å². The van der Waals surface area contributed by atoms with Gasteiger partial charge in [-0.1, -0.05) is 12.1 Å². The van der Waals surface area contributed by atoms with Gasteiger partial charge in [-0.25, -0.2) is 4.79 Å². The number of ether oxygens (including phenoxy) is 1. The Labute approximate surface area is 135 Å². The van der Waals surface area contributed by atoms with Crippen molar-refractivity contribution >= 4 is 17.4 Å². The summed E-state index contributed by atoms with van der Waals surface area (Å²) in [4.78, 5) is 14.5. The van der Waals surface area contributed by atoms with E-state index in [2.05, 4.69) is 30.5 Å². The minimum absolute atomic E-state index is 0.000757. The predicted molar refractivity (Wildman–Crippen MR) is 90.6 cm³/mol. The van der Waals surface area contributed by atoms with Crippen molar-refractivity contribution in [1.82, 2.24) is 10.6 Å². The zero-order chi connectivity index (χ0) is 16.1. The number of hydrogen-bond donors (Lipinski definition) is 2. The molecule has 0 radical (unpaired) electrons. The van der Waals surface area contributed by atoms with Gasteiger partial charge in [-0.2, -0.15) is 0 Å². The molecule has 0 aliphatic heterocycles. The molecule has 0 fully saturated rings. The smallest absolute Gasteiger partial charge is 0.315 e. The number of amides is 2. The Morgan fingerprint density at radius 3 is 2.50 bits per heavy atom. The fourth-order valence-corrected chi connectivity index (χ4v) is 3.35. The molecule has 2 N–H and O–H groups in total. The standard InChI is InChI=1S/C17H22N2O2S/c1-11-9-16(13(3)22-11)12(2)19-17(20)18-10-14-5-7-15(21-4)8-6-14/h5-9,12H,10H2,1-4H3,(H2,18,19,20). The molecule has 2 aromatic rings. The topological polar surface area (TPSA) is 50.4 Å². The van der Waals surface area contributed by atoms with Gasteiger partial charge in [0.05, 0.1) is 13.2 Å². The van der Waals surface area contributed by atoms with Crippen molar-refractivity contribution in [1.29, 1.82) is 0 Å². The third kappa shape index (κ3) is 4.24. The van der Waals surface area contributed by atoms with Crippen molar-refractivity contribution in [3.05, 3.63) is 51.2 Å². The minimum Gasteiger partial charge on any atom is -0.497 e. The van der Waals surface area contributed by atoms with Crippen molar-refractivity contribution in [3.8, 4) is 5.75 Å². The van der Waals surface area contributed by atoms with Crippen LogP contribution in [-0.4, -0.2) is 13.1 Å². The van der Waals surface area contributed by atoms with Crippen molar-refractivity contribution in [2.24, 2.45) is 0 Å². The van der Waals surface area contributed by atoms with E-state index in [9.17, 15) is 4.79 Å². The molecule has 22 heavy (non-hydrogen) atoms. The van der Waals surface area contributed by atoms with E-state index < -0.39 is 0 Å². The zero-order valence-corrected chi connectivity index (χ0v) is 14.2. The molecule has 0 aliphatic carbocycles. The van der Waals surface area contributed by atoms with Crippen LogP contribution in [0.2, 0.25) is 0 Å². The van der Waals surface area contributed by atoms with E-state index in [1.165, 1.54) is 15.3 Å². The highest BCUT2D eigenvalue weighted by atomic mass is 32.1. The quantitative estimate of drug-likeness (QED) is 0.877. The van der Waals surface area contributed by atoms with E-state index in [-0.39, 0.29) is 12.1 Å². The lowest BCUT2D eigenvalue weighted by Gasteiger charge is -2.15. The van der Waals surface area contributed by atoms with Gasteiger partial charge in [0.15, 0.2) is 0 Å². The van der Waals surface area contributed by atoms with Crippen LogP contribution >= 0.6 is 11.3 Å². The van der Waals surface area contributed by atoms with Gasteiger partial charge in [-0.3, -0.25) is 0 Å². The van der Waals surface area contributed by atoms with Gasteiger partial charge in [0.1, 0.15) is 5.75 Å². The number of methoxy groups -OCH3 is 1. The molecule has 0 aliphatic rings. The number of hydrogen-bond acceptors (Lipinski definition) is 3. The van der Waals surface area contributed by atoms with E-state index in [0.29, 0.717) is 6.54 Å². The second-order valence-electron chi connectivity index (χ2n) is 5.27. The van der Waals surface area contributed by atoms with E-state index in [0.717, 1.165) is 11.3 Å². The van der Waals surface area contributed by atoms with Gasteiger partial charge in [-0.05, 0) is 50.1 Å². The molecule has 2 amide bonds. The Morgan fingerprint density at radius 2 is 1.95 bits per heavy atom. The summed E-state index contributed by atoms with van der Waals surface area (Å²) in [6.07, 6.45) is 0. The number of nitrogens with one attached hydrogen (secondary N) is 2. The highest BCUT2D eigenvalue weighted by Crippen LogP contribution is 2.25. The van der Waals surface area contributed by atoms with Crippen molar-refractivity contribution in [2.45, 2.75) is 33.4 Å². The van der Waals surface area contributed by atoms with Crippen LogP contribution in [0.3, 0.4) is 0 Å². The molecule has 0 saturated heterocycles. The lowest BCUT2D eigenvalue weighted by Crippen LogP contribution is -2.36. The summed E-state index contributed by atoms with van der Waals surface area (Å²) in [6.45, 7) is 6.66. The molecular weight excluding hydrogens is 296 g/mol. The van der Waals surface area contributed by atoms with Crippen molar-refractivity contribution in [3.63, 3.8) is 0 Å². The van der Waals surface area contributed by atoms with E-state index in [4.69, 9.17) is 4.74 Å². The molecule has 1 aromatic carbocycles. The third-order valence-corrected chi connectivity index (χ3v) is 4.49. The molecule has 1 heterocycles. The summed E-state index contributed by atoms with van der Waals surface area (Å²) < 4.78 is 5.11. The summed E-state index contributed by atoms with van der Waals surface area (Å²) in [7, 11) is 1.64. The molecular formula is C17H22N2O2S. The molecule has 0 spiro atoms. The Hall–Kier alpha value is -2.01.